The minimum Gasteiger partial charge on any atom is -0.481 e. The molecule has 112 valence electrons. The van der Waals surface area contributed by atoms with Crippen molar-refractivity contribution in [1.82, 2.24) is 4.98 Å². The second-order valence-corrected chi connectivity index (χ2v) is 3.61. The van der Waals surface area contributed by atoms with E-state index in [1.165, 1.54) is 0 Å². The number of rotatable bonds is 5. The molecule has 0 aliphatic carbocycles. The second kappa shape index (κ2) is 5.99. The molecule has 0 spiro atoms. The normalized spacial score (nSPS) is 11.8. The van der Waals surface area contributed by atoms with E-state index in [1.54, 1.807) is 0 Å². The van der Waals surface area contributed by atoms with Gasteiger partial charge in [-0.2, -0.15) is 0 Å². The lowest BCUT2D eigenvalue weighted by molar-refractivity contribution is -0.276. The van der Waals surface area contributed by atoms with Gasteiger partial charge in [-0.05, 0) is 6.07 Å². The van der Waals surface area contributed by atoms with Gasteiger partial charge in [0, 0.05) is 17.7 Å². The standard InChI is InChI=1S/C10H9F5N2O3/c11-8(12)5-1-4(2-7(18)19)9(17-6(5)3-16)20-10(13,14)15/h1,8H,2-3,16H2,(H,18,19). The first-order chi connectivity index (χ1) is 9.14. The van der Waals surface area contributed by atoms with E-state index < -0.39 is 54.4 Å². The number of carboxylic acids is 1. The van der Waals surface area contributed by atoms with Crippen molar-refractivity contribution < 1.29 is 36.6 Å². The number of nitrogens with two attached hydrogens (primary N) is 1. The van der Waals surface area contributed by atoms with Crippen LogP contribution in [0.5, 0.6) is 5.88 Å². The van der Waals surface area contributed by atoms with Gasteiger partial charge in [0.2, 0.25) is 5.88 Å². The zero-order chi connectivity index (χ0) is 15.5. The molecule has 0 radical (unpaired) electrons. The highest BCUT2D eigenvalue weighted by atomic mass is 19.4. The largest absolute Gasteiger partial charge is 0.574 e. The summed E-state index contributed by atoms with van der Waals surface area (Å²) in [6, 6.07) is 0.606. The fraction of sp³-hybridized carbons (Fsp3) is 0.400. The van der Waals surface area contributed by atoms with Crippen LogP contribution in [0.15, 0.2) is 6.07 Å². The van der Waals surface area contributed by atoms with E-state index in [0.717, 1.165) is 0 Å². The first kappa shape index (κ1) is 16.1. The Kier molecular flexibility index (Phi) is 4.82. The minimum atomic E-state index is -5.13. The number of hydrogen-bond donors (Lipinski definition) is 2. The van der Waals surface area contributed by atoms with Crippen LogP contribution in [0.25, 0.3) is 0 Å². The minimum absolute atomic E-state index is 0.492. The summed E-state index contributed by atoms with van der Waals surface area (Å²) >= 11 is 0. The lowest BCUT2D eigenvalue weighted by Gasteiger charge is -2.15. The molecule has 0 saturated carbocycles. The summed E-state index contributed by atoms with van der Waals surface area (Å²) in [6.07, 6.45) is -9.12. The van der Waals surface area contributed by atoms with E-state index >= 15 is 0 Å². The van der Waals surface area contributed by atoms with Crippen molar-refractivity contribution in [3.8, 4) is 5.88 Å². The predicted molar refractivity (Wildman–Crippen MR) is 55.1 cm³/mol. The first-order valence-electron chi connectivity index (χ1n) is 5.12. The van der Waals surface area contributed by atoms with Crippen LogP contribution in [0.1, 0.15) is 23.2 Å². The number of halogens is 5. The average Bonchev–Trinajstić information content (AvgIpc) is 2.27. The Morgan fingerprint density at radius 3 is 2.45 bits per heavy atom. The smallest absolute Gasteiger partial charge is 0.481 e. The molecule has 1 aromatic heterocycles. The van der Waals surface area contributed by atoms with Crippen molar-refractivity contribution in [2.24, 2.45) is 5.73 Å². The molecule has 3 N–H and O–H groups in total. The van der Waals surface area contributed by atoms with Crippen molar-refractivity contribution in [3.63, 3.8) is 0 Å². The molecule has 1 aromatic rings. The molecule has 0 atom stereocenters. The van der Waals surface area contributed by atoms with Gasteiger partial charge in [0.1, 0.15) is 0 Å². The van der Waals surface area contributed by atoms with E-state index in [4.69, 9.17) is 10.8 Å². The van der Waals surface area contributed by atoms with E-state index in [1.807, 2.05) is 0 Å². The number of carboxylic acid groups (broad SMARTS) is 1. The van der Waals surface area contributed by atoms with Gasteiger partial charge in [0.25, 0.3) is 6.43 Å². The van der Waals surface area contributed by atoms with Crippen molar-refractivity contribution >= 4 is 5.97 Å². The second-order valence-electron chi connectivity index (χ2n) is 3.61. The monoisotopic (exact) mass is 300 g/mol. The summed E-state index contributed by atoms with van der Waals surface area (Å²) < 4.78 is 65.4. The number of alkyl halides is 5. The molecule has 5 nitrogen and oxygen atoms in total. The Labute approximate surface area is 109 Å². The summed E-state index contributed by atoms with van der Waals surface area (Å²) in [4.78, 5) is 13.8. The summed E-state index contributed by atoms with van der Waals surface area (Å²) in [7, 11) is 0. The number of aromatic nitrogens is 1. The number of aliphatic carboxylic acids is 1. The topological polar surface area (TPSA) is 85.4 Å². The summed E-state index contributed by atoms with van der Waals surface area (Å²) in [5, 5.41) is 8.57. The lowest BCUT2D eigenvalue weighted by Crippen LogP contribution is -2.21. The zero-order valence-electron chi connectivity index (χ0n) is 9.75. The number of pyridine rings is 1. The van der Waals surface area contributed by atoms with Gasteiger partial charge >= 0.3 is 12.3 Å². The molecule has 0 unspecified atom stereocenters. The van der Waals surface area contributed by atoms with Gasteiger partial charge in [-0.1, -0.05) is 0 Å². The molecule has 20 heavy (non-hydrogen) atoms. The van der Waals surface area contributed by atoms with Crippen LogP contribution in [-0.2, 0) is 17.8 Å². The van der Waals surface area contributed by atoms with Gasteiger partial charge in [0.05, 0.1) is 12.1 Å². The Hall–Kier alpha value is -1.97. The van der Waals surface area contributed by atoms with Crippen LogP contribution in [-0.4, -0.2) is 22.4 Å². The van der Waals surface area contributed by atoms with Crippen LogP contribution in [0.3, 0.4) is 0 Å². The highest BCUT2D eigenvalue weighted by Gasteiger charge is 2.34. The molecular formula is C10H9F5N2O3. The van der Waals surface area contributed by atoms with Crippen LogP contribution < -0.4 is 10.5 Å². The summed E-state index contributed by atoms with van der Waals surface area (Å²) in [5.74, 6) is -2.61. The average molecular weight is 300 g/mol. The molecule has 1 heterocycles. The molecule has 10 heteroatoms. The molecular weight excluding hydrogens is 291 g/mol. The van der Waals surface area contributed by atoms with E-state index in [-0.39, 0.29) is 0 Å². The first-order valence-corrected chi connectivity index (χ1v) is 5.12. The maximum Gasteiger partial charge on any atom is 0.574 e. The highest BCUT2D eigenvalue weighted by molar-refractivity contribution is 5.71. The Morgan fingerprint density at radius 1 is 1.45 bits per heavy atom. The van der Waals surface area contributed by atoms with Crippen molar-refractivity contribution in [1.29, 1.82) is 0 Å². The fourth-order valence-corrected chi connectivity index (χ4v) is 1.43. The summed E-state index contributed by atoms with van der Waals surface area (Å²) in [5.41, 5.74) is 3.30. The molecule has 1 rings (SSSR count). The van der Waals surface area contributed by atoms with E-state index in [2.05, 4.69) is 9.72 Å². The van der Waals surface area contributed by atoms with Crippen LogP contribution >= 0.6 is 0 Å². The number of ether oxygens (including phenoxy) is 1. The molecule has 0 bridgehead atoms. The van der Waals surface area contributed by atoms with Gasteiger partial charge in [-0.3, -0.25) is 4.79 Å². The lowest BCUT2D eigenvalue weighted by atomic mass is 10.1. The summed E-state index contributed by atoms with van der Waals surface area (Å²) in [6.45, 7) is -0.540. The van der Waals surface area contributed by atoms with Gasteiger partial charge in [0.15, 0.2) is 0 Å². The third kappa shape index (κ3) is 4.30. The van der Waals surface area contributed by atoms with Gasteiger partial charge < -0.3 is 15.6 Å². The van der Waals surface area contributed by atoms with Crippen LogP contribution in [0, 0.1) is 0 Å². The molecule has 0 saturated heterocycles. The molecule has 0 fully saturated rings. The quantitative estimate of drug-likeness (QED) is 0.812. The SMILES string of the molecule is NCc1nc(OC(F)(F)F)c(CC(=O)O)cc1C(F)F. The molecule has 0 aromatic carbocycles. The number of nitrogens with zero attached hydrogens (tertiary/aromatic N) is 1. The zero-order valence-corrected chi connectivity index (χ0v) is 9.75. The number of carbonyl (C=O) groups is 1. The molecule has 0 aliphatic heterocycles. The van der Waals surface area contributed by atoms with Crippen molar-refractivity contribution in [3.05, 3.63) is 22.9 Å². The van der Waals surface area contributed by atoms with Crippen LogP contribution in [0.2, 0.25) is 0 Å². The van der Waals surface area contributed by atoms with Gasteiger partial charge in [-0.15, -0.1) is 13.2 Å². The van der Waals surface area contributed by atoms with Crippen molar-refractivity contribution in [2.75, 3.05) is 0 Å². The fourth-order valence-electron chi connectivity index (χ4n) is 1.43. The molecule has 0 aliphatic rings. The van der Waals surface area contributed by atoms with Crippen LogP contribution in [0.4, 0.5) is 22.0 Å². The van der Waals surface area contributed by atoms with Crippen molar-refractivity contribution in [2.45, 2.75) is 25.8 Å². The Balaban J connectivity index is 3.35. The van der Waals surface area contributed by atoms with E-state index in [9.17, 15) is 26.7 Å². The molecule has 0 amide bonds. The maximum absolute atomic E-state index is 12.7. The highest BCUT2D eigenvalue weighted by Crippen LogP contribution is 2.30. The number of hydrogen-bond acceptors (Lipinski definition) is 4. The van der Waals surface area contributed by atoms with Gasteiger partial charge in [-0.25, -0.2) is 13.8 Å². The third-order valence-electron chi connectivity index (χ3n) is 2.16. The third-order valence-corrected chi connectivity index (χ3v) is 2.16. The maximum atomic E-state index is 12.7. The Bertz CT molecular complexity index is 504. The van der Waals surface area contributed by atoms with E-state index in [0.29, 0.717) is 6.07 Å². The predicted octanol–water partition coefficient (Wildman–Crippen LogP) is 2.00. The Morgan fingerprint density at radius 2 is 2.05 bits per heavy atom.